The molecule has 23 heavy (non-hydrogen) atoms. The number of nitrogens with zero attached hydrogens (tertiary/aromatic N) is 3. The van der Waals surface area contributed by atoms with Crippen molar-refractivity contribution in [2.24, 2.45) is 0 Å². The monoisotopic (exact) mass is 437 g/mol. The number of ether oxygens (including phenoxy) is 1. The fourth-order valence-corrected chi connectivity index (χ4v) is 2.35. The Hall–Kier alpha value is -1.58. The SMILES string of the molecule is CCCOc1nc(N(C)c2cccc(I)c2)ncc1C(F)(F)F. The maximum atomic E-state index is 13.0. The van der Waals surface area contributed by atoms with Gasteiger partial charge in [-0.2, -0.15) is 18.2 Å². The Bertz CT molecular complexity index is 679. The Morgan fingerprint density at radius 3 is 2.65 bits per heavy atom. The molecule has 0 spiro atoms. The van der Waals surface area contributed by atoms with E-state index in [-0.39, 0.29) is 12.6 Å². The van der Waals surface area contributed by atoms with Crippen molar-refractivity contribution in [2.75, 3.05) is 18.6 Å². The Morgan fingerprint density at radius 2 is 2.04 bits per heavy atom. The maximum absolute atomic E-state index is 13.0. The summed E-state index contributed by atoms with van der Waals surface area (Å²) in [6, 6.07) is 7.48. The lowest BCUT2D eigenvalue weighted by atomic mass is 10.3. The van der Waals surface area contributed by atoms with Crippen molar-refractivity contribution in [1.29, 1.82) is 0 Å². The quantitative estimate of drug-likeness (QED) is 0.639. The Labute approximate surface area is 145 Å². The first kappa shape index (κ1) is 17.8. The lowest BCUT2D eigenvalue weighted by molar-refractivity contribution is -0.139. The van der Waals surface area contributed by atoms with Gasteiger partial charge in [-0.05, 0) is 47.2 Å². The van der Waals surface area contributed by atoms with Gasteiger partial charge < -0.3 is 9.64 Å². The van der Waals surface area contributed by atoms with Crippen LogP contribution in [-0.2, 0) is 6.18 Å². The molecule has 1 aromatic carbocycles. The molecule has 0 fully saturated rings. The average molecular weight is 437 g/mol. The number of aromatic nitrogens is 2. The first-order valence-electron chi connectivity index (χ1n) is 6.89. The number of anilines is 2. The molecule has 0 amide bonds. The second-order valence-electron chi connectivity index (χ2n) is 4.77. The summed E-state index contributed by atoms with van der Waals surface area (Å²) >= 11 is 2.16. The second-order valence-corrected chi connectivity index (χ2v) is 6.02. The van der Waals surface area contributed by atoms with E-state index in [9.17, 15) is 13.2 Å². The molecule has 0 aliphatic carbocycles. The van der Waals surface area contributed by atoms with Gasteiger partial charge in [0, 0.05) is 22.5 Å². The molecule has 0 aliphatic heterocycles. The number of halogens is 4. The van der Waals surface area contributed by atoms with Crippen LogP contribution in [0.2, 0.25) is 0 Å². The average Bonchev–Trinajstić information content (AvgIpc) is 2.51. The van der Waals surface area contributed by atoms with Crippen molar-refractivity contribution in [3.8, 4) is 5.88 Å². The molecular weight excluding hydrogens is 422 g/mol. The van der Waals surface area contributed by atoms with E-state index in [0.29, 0.717) is 6.42 Å². The summed E-state index contributed by atoms with van der Waals surface area (Å²) in [6.45, 7) is 1.97. The van der Waals surface area contributed by atoms with Crippen molar-refractivity contribution in [3.63, 3.8) is 0 Å². The number of rotatable bonds is 5. The molecule has 1 aromatic heterocycles. The molecule has 0 saturated heterocycles. The molecule has 0 saturated carbocycles. The van der Waals surface area contributed by atoms with Crippen LogP contribution in [0.15, 0.2) is 30.5 Å². The molecule has 1 heterocycles. The number of benzene rings is 1. The standard InChI is InChI=1S/C15H15F3IN3O/c1-3-7-23-13-12(15(16,17)18)9-20-14(21-13)22(2)11-6-4-5-10(19)8-11/h4-6,8-9H,3,7H2,1-2H3. The lowest BCUT2D eigenvalue weighted by Crippen LogP contribution is -2.17. The molecule has 0 radical (unpaired) electrons. The van der Waals surface area contributed by atoms with Crippen LogP contribution in [-0.4, -0.2) is 23.6 Å². The summed E-state index contributed by atoms with van der Waals surface area (Å²) in [7, 11) is 1.69. The smallest absolute Gasteiger partial charge is 0.423 e. The Morgan fingerprint density at radius 1 is 1.30 bits per heavy atom. The van der Waals surface area contributed by atoms with Crippen LogP contribution in [0.4, 0.5) is 24.8 Å². The van der Waals surface area contributed by atoms with Gasteiger partial charge in [0.15, 0.2) is 0 Å². The number of alkyl halides is 3. The van der Waals surface area contributed by atoms with Gasteiger partial charge in [0.05, 0.1) is 6.61 Å². The van der Waals surface area contributed by atoms with Crippen LogP contribution >= 0.6 is 22.6 Å². The second kappa shape index (κ2) is 7.33. The third kappa shape index (κ3) is 4.46. The van der Waals surface area contributed by atoms with Gasteiger partial charge in [-0.25, -0.2) is 4.98 Å². The summed E-state index contributed by atoms with van der Waals surface area (Å²) in [4.78, 5) is 9.40. The Balaban J connectivity index is 2.39. The van der Waals surface area contributed by atoms with Crippen LogP contribution in [0.3, 0.4) is 0 Å². The zero-order chi connectivity index (χ0) is 17.0. The predicted octanol–water partition coefficient (Wildman–Crippen LogP) is 4.66. The highest BCUT2D eigenvalue weighted by atomic mass is 127. The van der Waals surface area contributed by atoms with Crippen LogP contribution in [0.25, 0.3) is 0 Å². The van der Waals surface area contributed by atoms with Crippen LogP contribution in [0.5, 0.6) is 5.88 Å². The van der Waals surface area contributed by atoms with E-state index in [1.54, 1.807) is 11.9 Å². The lowest BCUT2D eigenvalue weighted by Gasteiger charge is -2.19. The summed E-state index contributed by atoms with van der Waals surface area (Å²) in [5.74, 6) is -0.298. The third-order valence-electron chi connectivity index (χ3n) is 2.98. The van der Waals surface area contributed by atoms with Crippen LogP contribution < -0.4 is 9.64 Å². The fraction of sp³-hybridized carbons (Fsp3) is 0.333. The van der Waals surface area contributed by atoms with Gasteiger partial charge in [0.2, 0.25) is 11.8 Å². The Kier molecular flexibility index (Phi) is 5.66. The van der Waals surface area contributed by atoms with Gasteiger partial charge in [0.1, 0.15) is 5.56 Å². The molecular formula is C15H15F3IN3O. The molecule has 0 bridgehead atoms. The van der Waals surface area contributed by atoms with Crippen LogP contribution in [0.1, 0.15) is 18.9 Å². The topological polar surface area (TPSA) is 38.2 Å². The molecule has 0 aliphatic rings. The molecule has 2 rings (SSSR count). The summed E-state index contributed by atoms with van der Waals surface area (Å²) in [5.41, 5.74) is -0.191. The van der Waals surface area contributed by atoms with Crippen molar-refractivity contribution in [3.05, 3.63) is 39.6 Å². The first-order chi connectivity index (χ1) is 10.8. The predicted molar refractivity (Wildman–Crippen MR) is 90.0 cm³/mol. The summed E-state index contributed by atoms with van der Waals surface area (Å²) in [6.07, 6.45) is -3.20. The van der Waals surface area contributed by atoms with E-state index in [0.717, 1.165) is 15.5 Å². The molecule has 124 valence electrons. The van der Waals surface area contributed by atoms with Crippen molar-refractivity contribution < 1.29 is 17.9 Å². The third-order valence-corrected chi connectivity index (χ3v) is 3.66. The van der Waals surface area contributed by atoms with E-state index in [1.807, 2.05) is 31.2 Å². The van der Waals surface area contributed by atoms with Gasteiger partial charge in [0.25, 0.3) is 0 Å². The zero-order valence-electron chi connectivity index (χ0n) is 12.6. The van der Waals surface area contributed by atoms with E-state index in [1.165, 1.54) is 0 Å². The summed E-state index contributed by atoms with van der Waals surface area (Å²) < 4.78 is 45.2. The van der Waals surface area contributed by atoms with Gasteiger partial charge in [-0.1, -0.05) is 13.0 Å². The van der Waals surface area contributed by atoms with E-state index >= 15 is 0 Å². The molecule has 0 atom stereocenters. The maximum Gasteiger partial charge on any atom is 0.423 e. The largest absolute Gasteiger partial charge is 0.477 e. The van der Waals surface area contributed by atoms with Gasteiger partial charge in [-0.15, -0.1) is 0 Å². The van der Waals surface area contributed by atoms with Crippen molar-refractivity contribution in [2.45, 2.75) is 19.5 Å². The van der Waals surface area contributed by atoms with Crippen molar-refractivity contribution >= 4 is 34.2 Å². The summed E-state index contributed by atoms with van der Waals surface area (Å²) in [5, 5.41) is 0. The van der Waals surface area contributed by atoms with Crippen molar-refractivity contribution in [1.82, 2.24) is 9.97 Å². The molecule has 0 unspecified atom stereocenters. The molecule has 2 aromatic rings. The van der Waals surface area contributed by atoms with Gasteiger partial charge >= 0.3 is 6.18 Å². The minimum absolute atomic E-state index is 0.145. The zero-order valence-corrected chi connectivity index (χ0v) is 14.7. The molecule has 8 heteroatoms. The molecule has 0 N–H and O–H groups in total. The highest BCUT2D eigenvalue weighted by molar-refractivity contribution is 14.1. The highest BCUT2D eigenvalue weighted by Crippen LogP contribution is 2.36. The normalized spacial score (nSPS) is 11.4. The molecule has 4 nitrogen and oxygen atoms in total. The minimum atomic E-state index is -4.55. The minimum Gasteiger partial charge on any atom is -0.477 e. The van der Waals surface area contributed by atoms with E-state index in [4.69, 9.17) is 4.74 Å². The number of hydrogen-bond donors (Lipinski definition) is 0. The van der Waals surface area contributed by atoms with Gasteiger partial charge in [-0.3, -0.25) is 0 Å². The van der Waals surface area contributed by atoms with E-state index in [2.05, 4.69) is 32.6 Å². The number of hydrogen-bond acceptors (Lipinski definition) is 4. The fourth-order valence-electron chi connectivity index (χ4n) is 1.82. The highest BCUT2D eigenvalue weighted by Gasteiger charge is 2.36. The van der Waals surface area contributed by atoms with Crippen LogP contribution in [0, 0.1) is 3.57 Å². The van der Waals surface area contributed by atoms with E-state index < -0.39 is 17.6 Å². The first-order valence-corrected chi connectivity index (χ1v) is 7.97.